The molecule has 1 amide bonds. The summed E-state index contributed by atoms with van der Waals surface area (Å²) in [5.74, 6) is 0.560. The predicted molar refractivity (Wildman–Crippen MR) is 147 cm³/mol. The van der Waals surface area contributed by atoms with Gasteiger partial charge in [-0.1, -0.05) is 12.5 Å². The summed E-state index contributed by atoms with van der Waals surface area (Å²) < 4.78 is 42.7. The lowest BCUT2D eigenvalue weighted by Gasteiger charge is -2.37. The molecule has 1 saturated heterocycles. The van der Waals surface area contributed by atoms with Crippen LogP contribution in [0.2, 0.25) is 0 Å². The quantitative estimate of drug-likeness (QED) is 0.411. The van der Waals surface area contributed by atoms with Crippen molar-refractivity contribution in [3.8, 4) is 5.75 Å². The van der Waals surface area contributed by atoms with Crippen LogP contribution in [-0.2, 0) is 26.1 Å². The van der Waals surface area contributed by atoms with Gasteiger partial charge in [0, 0.05) is 42.4 Å². The number of hydrogen-bond donors (Lipinski definition) is 0. The minimum atomic E-state index is -3.73. The highest BCUT2D eigenvalue weighted by atomic mass is 32.2. The molecule has 10 heteroatoms. The number of hydrogen-bond acceptors (Lipinski definition) is 6. The third-order valence-corrected chi connectivity index (χ3v) is 10.7. The maximum Gasteiger partial charge on any atom is 0.249 e. The highest BCUT2D eigenvalue weighted by molar-refractivity contribution is 7.89. The van der Waals surface area contributed by atoms with E-state index in [-0.39, 0.29) is 31.2 Å². The summed E-state index contributed by atoms with van der Waals surface area (Å²) in [6, 6.07) is 11.2. The summed E-state index contributed by atoms with van der Waals surface area (Å²) in [5, 5.41) is 2.03. The number of nitrogens with zero attached hydrogens (tertiary/aromatic N) is 3. The van der Waals surface area contributed by atoms with Gasteiger partial charge in [0.05, 0.1) is 18.6 Å². The Morgan fingerprint density at radius 1 is 1.08 bits per heavy atom. The molecule has 2 aromatic heterocycles. The first-order chi connectivity index (χ1) is 18.3. The van der Waals surface area contributed by atoms with E-state index < -0.39 is 10.0 Å². The van der Waals surface area contributed by atoms with E-state index in [9.17, 15) is 13.2 Å². The molecule has 38 heavy (non-hydrogen) atoms. The molecule has 8 nitrogen and oxygen atoms in total. The van der Waals surface area contributed by atoms with Crippen LogP contribution in [0.25, 0.3) is 0 Å². The van der Waals surface area contributed by atoms with Crippen LogP contribution < -0.4 is 4.74 Å². The third-order valence-electron chi connectivity index (χ3n) is 7.52. The molecule has 4 heterocycles. The average molecular weight is 558 g/mol. The Morgan fingerprint density at radius 2 is 1.87 bits per heavy atom. The first kappa shape index (κ1) is 26.9. The van der Waals surface area contributed by atoms with Crippen LogP contribution in [0.15, 0.2) is 52.9 Å². The largest absolute Gasteiger partial charge is 0.497 e. The van der Waals surface area contributed by atoms with Crippen molar-refractivity contribution < 1.29 is 22.7 Å². The fourth-order valence-electron chi connectivity index (χ4n) is 5.77. The van der Waals surface area contributed by atoms with Crippen LogP contribution in [0.4, 0.5) is 0 Å². The molecule has 0 aliphatic carbocycles. The van der Waals surface area contributed by atoms with Crippen molar-refractivity contribution in [1.82, 2.24) is 13.8 Å². The van der Waals surface area contributed by atoms with Crippen molar-refractivity contribution in [2.45, 2.75) is 56.6 Å². The first-order valence-corrected chi connectivity index (χ1v) is 15.4. The molecule has 3 aromatic rings. The molecule has 5 rings (SSSR count). The Hall–Kier alpha value is -2.66. The monoisotopic (exact) mass is 557 g/mol. The standard InChI is InChI=1S/C28H35N3O5S2/c1-20-16-23(35-3)17-21(2)28(20)38(33,34)31-12-5-4-8-22(31)18-36-19-26(32)30-14-13-29-11-6-9-24(29)27(30)25-10-7-15-37-25/h6-7,9-11,15-17,22,27H,4-5,8,12-14,18-19H2,1-3H3. The highest BCUT2D eigenvalue weighted by Crippen LogP contribution is 2.35. The minimum Gasteiger partial charge on any atom is -0.497 e. The van der Waals surface area contributed by atoms with Gasteiger partial charge in [0.2, 0.25) is 15.9 Å². The van der Waals surface area contributed by atoms with Crippen LogP contribution in [0.1, 0.15) is 47.0 Å². The van der Waals surface area contributed by atoms with Gasteiger partial charge in [-0.2, -0.15) is 4.31 Å². The topological polar surface area (TPSA) is 81.1 Å². The number of benzene rings is 1. The maximum absolute atomic E-state index is 13.8. The van der Waals surface area contributed by atoms with E-state index in [4.69, 9.17) is 9.47 Å². The van der Waals surface area contributed by atoms with Gasteiger partial charge >= 0.3 is 0 Å². The van der Waals surface area contributed by atoms with Crippen molar-refractivity contribution in [3.05, 3.63) is 69.7 Å². The van der Waals surface area contributed by atoms with Crippen molar-refractivity contribution in [2.24, 2.45) is 0 Å². The van der Waals surface area contributed by atoms with Crippen LogP contribution >= 0.6 is 11.3 Å². The molecule has 0 spiro atoms. The number of amides is 1. The van der Waals surface area contributed by atoms with E-state index in [0.717, 1.165) is 30.0 Å². The van der Waals surface area contributed by atoms with Gasteiger partial charge < -0.3 is 18.9 Å². The van der Waals surface area contributed by atoms with E-state index in [0.29, 0.717) is 41.3 Å². The zero-order valence-corrected chi connectivity index (χ0v) is 23.8. The van der Waals surface area contributed by atoms with Crippen molar-refractivity contribution >= 4 is 27.3 Å². The number of fused-ring (bicyclic) bond motifs is 1. The van der Waals surface area contributed by atoms with Crippen LogP contribution in [0.3, 0.4) is 0 Å². The van der Waals surface area contributed by atoms with E-state index >= 15 is 0 Å². The van der Waals surface area contributed by atoms with Crippen molar-refractivity contribution in [3.63, 3.8) is 0 Å². The number of ether oxygens (including phenoxy) is 2. The maximum atomic E-state index is 13.8. The van der Waals surface area contributed by atoms with E-state index in [1.807, 2.05) is 22.4 Å². The first-order valence-electron chi connectivity index (χ1n) is 13.0. The second kappa shape index (κ2) is 11.2. The predicted octanol–water partition coefficient (Wildman–Crippen LogP) is 4.37. The molecule has 2 unspecified atom stereocenters. The Kier molecular flexibility index (Phi) is 7.95. The molecule has 2 atom stereocenters. The lowest BCUT2D eigenvalue weighted by atomic mass is 10.1. The minimum absolute atomic E-state index is 0.0758. The van der Waals surface area contributed by atoms with Crippen LogP contribution in [0.5, 0.6) is 5.75 Å². The van der Waals surface area contributed by atoms with E-state index in [1.54, 1.807) is 48.7 Å². The lowest BCUT2D eigenvalue weighted by molar-refractivity contribution is -0.139. The molecule has 1 fully saturated rings. The van der Waals surface area contributed by atoms with Gasteiger partial charge in [-0.3, -0.25) is 4.79 Å². The van der Waals surface area contributed by atoms with Gasteiger partial charge in [0.1, 0.15) is 18.4 Å². The molecule has 0 radical (unpaired) electrons. The second-order valence-corrected chi connectivity index (χ2v) is 12.8. The smallest absolute Gasteiger partial charge is 0.249 e. The van der Waals surface area contributed by atoms with E-state index in [2.05, 4.69) is 22.9 Å². The number of piperidine rings is 1. The summed E-state index contributed by atoms with van der Waals surface area (Å²) in [7, 11) is -2.16. The van der Waals surface area contributed by atoms with Crippen molar-refractivity contribution in [2.75, 3.05) is 33.4 Å². The number of carbonyl (C=O) groups excluding carboxylic acids is 1. The molecule has 0 bridgehead atoms. The van der Waals surface area contributed by atoms with Crippen LogP contribution in [0, 0.1) is 13.8 Å². The summed E-state index contributed by atoms with van der Waals surface area (Å²) in [6.07, 6.45) is 4.49. The molecular weight excluding hydrogens is 522 g/mol. The third kappa shape index (κ3) is 5.14. The fraction of sp³-hybridized carbons (Fsp3) is 0.464. The number of sulfonamides is 1. The number of thiophene rings is 1. The molecule has 0 N–H and O–H groups in total. The molecule has 2 aliphatic rings. The van der Waals surface area contributed by atoms with Gasteiger partial charge in [0.25, 0.3) is 0 Å². The Balaban J connectivity index is 1.28. The normalized spacial score (nSPS) is 20.3. The summed E-state index contributed by atoms with van der Waals surface area (Å²) >= 11 is 1.64. The number of aromatic nitrogens is 1. The summed E-state index contributed by atoms with van der Waals surface area (Å²) in [4.78, 5) is 16.7. The number of rotatable bonds is 8. The zero-order valence-electron chi connectivity index (χ0n) is 22.1. The molecule has 2 aliphatic heterocycles. The lowest BCUT2D eigenvalue weighted by Crippen LogP contribution is -2.47. The highest BCUT2D eigenvalue weighted by Gasteiger charge is 2.37. The Labute approximate surface area is 228 Å². The number of methoxy groups -OCH3 is 1. The number of carbonyl (C=O) groups is 1. The van der Waals surface area contributed by atoms with E-state index in [1.165, 1.54) is 0 Å². The molecular formula is C28H35N3O5S2. The van der Waals surface area contributed by atoms with Gasteiger partial charge in [-0.25, -0.2) is 8.42 Å². The molecule has 1 aromatic carbocycles. The zero-order chi connectivity index (χ0) is 26.9. The van der Waals surface area contributed by atoms with Gasteiger partial charge in [-0.15, -0.1) is 11.3 Å². The second-order valence-electron chi connectivity index (χ2n) is 10.0. The average Bonchev–Trinajstić information content (AvgIpc) is 3.60. The SMILES string of the molecule is COc1cc(C)c(S(=O)(=O)N2CCCCC2COCC(=O)N2CCn3cccc3C2c2cccs2)c(C)c1. The van der Waals surface area contributed by atoms with Gasteiger partial charge in [0.15, 0.2) is 0 Å². The van der Waals surface area contributed by atoms with Crippen molar-refractivity contribution in [1.29, 1.82) is 0 Å². The number of aryl methyl sites for hydroxylation is 2. The Morgan fingerprint density at radius 3 is 2.58 bits per heavy atom. The molecule has 0 saturated carbocycles. The summed E-state index contributed by atoms with van der Waals surface area (Å²) in [6.45, 7) is 5.50. The summed E-state index contributed by atoms with van der Waals surface area (Å²) in [5.41, 5.74) is 2.43. The van der Waals surface area contributed by atoms with Crippen LogP contribution in [-0.4, -0.2) is 67.6 Å². The fourth-order valence-corrected chi connectivity index (χ4v) is 8.72. The van der Waals surface area contributed by atoms with Gasteiger partial charge in [-0.05, 0) is 73.5 Å². The molecule has 204 valence electrons. The Bertz CT molecular complexity index is 1360.